The van der Waals surface area contributed by atoms with Gasteiger partial charge in [0.2, 0.25) is 0 Å². The van der Waals surface area contributed by atoms with E-state index in [1.165, 1.54) is 0 Å². The third-order valence-electron chi connectivity index (χ3n) is 4.88. The van der Waals surface area contributed by atoms with Crippen LogP contribution in [0.4, 0.5) is 0 Å². The van der Waals surface area contributed by atoms with Crippen LogP contribution in [0.5, 0.6) is 0 Å². The second kappa shape index (κ2) is 8.06. The molecule has 138 valence electrons. The summed E-state index contributed by atoms with van der Waals surface area (Å²) in [4.78, 5) is 25.5. The zero-order valence-corrected chi connectivity index (χ0v) is 15.6. The molecule has 1 aliphatic heterocycles. The number of carbonyl (C=O) groups is 2. The Morgan fingerprint density at radius 3 is 2.69 bits per heavy atom. The van der Waals surface area contributed by atoms with Crippen molar-refractivity contribution in [3.63, 3.8) is 0 Å². The maximum absolute atomic E-state index is 12.8. The third kappa shape index (κ3) is 3.69. The van der Waals surface area contributed by atoms with Crippen LogP contribution < -0.4 is 5.32 Å². The molecule has 1 aromatic rings. The zero-order valence-electron chi connectivity index (χ0n) is 14.8. The number of esters is 1. The third-order valence-corrected chi connectivity index (χ3v) is 5.13. The number of fused-ring (bicyclic) bond motifs is 1. The van der Waals surface area contributed by atoms with Gasteiger partial charge in [0.25, 0.3) is 0 Å². The van der Waals surface area contributed by atoms with E-state index in [9.17, 15) is 9.59 Å². The molecule has 0 bridgehead atoms. The van der Waals surface area contributed by atoms with Crippen molar-refractivity contribution in [2.75, 3.05) is 20.3 Å². The molecule has 6 heteroatoms. The highest BCUT2D eigenvalue weighted by molar-refractivity contribution is 6.30. The molecule has 0 amide bonds. The van der Waals surface area contributed by atoms with E-state index >= 15 is 0 Å². The number of hydrogen-bond donors (Lipinski definition) is 1. The molecule has 1 N–H and O–H groups in total. The van der Waals surface area contributed by atoms with E-state index in [-0.39, 0.29) is 30.3 Å². The van der Waals surface area contributed by atoms with Gasteiger partial charge in [-0.2, -0.15) is 0 Å². The van der Waals surface area contributed by atoms with Crippen molar-refractivity contribution >= 4 is 23.4 Å². The molecule has 0 saturated heterocycles. The average molecular weight is 376 g/mol. The zero-order chi connectivity index (χ0) is 18.7. The van der Waals surface area contributed by atoms with Crippen LogP contribution in [0.1, 0.15) is 24.8 Å². The number of nitrogens with one attached hydrogen (secondary N) is 1. The van der Waals surface area contributed by atoms with E-state index in [0.29, 0.717) is 17.2 Å². The Balaban J connectivity index is 2.02. The summed E-state index contributed by atoms with van der Waals surface area (Å²) in [5, 5.41) is 3.94. The van der Waals surface area contributed by atoms with Gasteiger partial charge in [-0.3, -0.25) is 4.79 Å². The number of hydrogen-bond acceptors (Lipinski definition) is 5. The molecule has 0 aromatic heterocycles. The summed E-state index contributed by atoms with van der Waals surface area (Å²) in [6, 6.07) is 7.26. The Kier molecular flexibility index (Phi) is 5.79. The van der Waals surface area contributed by atoms with Crippen molar-refractivity contribution in [1.82, 2.24) is 5.32 Å². The van der Waals surface area contributed by atoms with Gasteiger partial charge >= 0.3 is 5.97 Å². The van der Waals surface area contributed by atoms with Crippen LogP contribution in [0.25, 0.3) is 0 Å². The maximum Gasteiger partial charge on any atom is 0.336 e. The highest BCUT2D eigenvalue weighted by Crippen LogP contribution is 2.42. The van der Waals surface area contributed by atoms with Gasteiger partial charge in [-0.25, -0.2) is 4.79 Å². The molecule has 26 heavy (non-hydrogen) atoms. The average Bonchev–Trinajstić information content (AvgIpc) is 2.61. The molecule has 2 aliphatic rings. The number of carbonyl (C=O) groups excluding carboxylic acids is 2. The standard InChI is InChI=1S/C20H22ClNO4/c1-12-17(20(24)26-11-10-25-2)18(13-6-8-14(21)9-7-13)19-15(22-12)4-3-5-16(19)23/h3,5-9,15,18-19,22H,4,10-11H2,1-2H3. The van der Waals surface area contributed by atoms with Crippen molar-refractivity contribution in [2.45, 2.75) is 25.3 Å². The number of methoxy groups -OCH3 is 1. The number of benzene rings is 1. The van der Waals surface area contributed by atoms with Gasteiger partial charge < -0.3 is 14.8 Å². The van der Waals surface area contributed by atoms with Crippen molar-refractivity contribution < 1.29 is 19.1 Å². The number of halogens is 1. The van der Waals surface area contributed by atoms with Crippen molar-refractivity contribution in [1.29, 1.82) is 0 Å². The van der Waals surface area contributed by atoms with Crippen LogP contribution in [0, 0.1) is 5.92 Å². The normalized spacial score (nSPS) is 24.9. The van der Waals surface area contributed by atoms with Gasteiger partial charge in [0.1, 0.15) is 6.61 Å². The van der Waals surface area contributed by atoms with Gasteiger partial charge in [-0.15, -0.1) is 0 Å². The van der Waals surface area contributed by atoms with Gasteiger partial charge in [-0.1, -0.05) is 29.8 Å². The molecule has 0 spiro atoms. The summed E-state index contributed by atoms with van der Waals surface area (Å²) >= 11 is 6.02. The Bertz CT molecular complexity index is 754. The number of ether oxygens (including phenoxy) is 2. The Hall–Kier alpha value is -2.11. The van der Waals surface area contributed by atoms with E-state index in [4.69, 9.17) is 21.1 Å². The molecular formula is C20H22ClNO4. The monoisotopic (exact) mass is 375 g/mol. The van der Waals surface area contributed by atoms with Gasteiger partial charge in [0.05, 0.1) is 18.1 Å². The first-order valence-corrected chi connectivity index (χ1v) is 9.00. The fourth-order valence-electron chi connectivity index (χ4n) is 3.72. The first-order chi connectivity index (χ1) is 12.5. The Morgan fingerprint density at radius 1 is 1.27 bits per heavy atom. The SMILES string of the molecule is COCCOC(=O)C1=C(C)NC2CC=CC(=O)C2C1c1ccc(Cl)cc1. The van der Waals surface area contributed by atoms with E-state index in [1.807, 2.05) is 25.1 Å². The van der Waals surface area contributed by atoms with Crippen molar-refractivity contribution in [3.8, 4) is 0 Å². The minimum absolute atomic E-state index is 0.0170. The summed E-state index contributed by atoms with van der Waals surface area (Å²) in [7, 11) is 1.55. The first-order valence-electron chi connectivity index (χ1n) is 8.62. The fourth-order valence-corrected chi connectivity index (χ4v) is 3.85. The summed E-state index contributed by atoms with van der Waals surface area (Å²) < 4.78 is 10.3. The number of ketones is 1. The lowest BCUT2D eigenvalue weighted by atomic mass is 9.69. The smallest absolute Gasteiger partial charge is 0.336 e. The van der Waals surface area contributed by atoms with Crippen molar-refractivity contribution in [2.24, 2.45) is 5.92 Å². The minimum atomic E-state index is -0.423. The second-order valence-electron chi connectivity index (χ2n) is 6.51. The molecule has 5 nitrogen and oxygen atoms in total. The molecular weight excluding hydrogens is 354 g/mol. The van der Waals surface area contributed by atoms with Crippen molar-refractivity contribution in [3.05, 3.63) is 58.3 Å². The number of allylic oxidation sites excluding steroid dienone is 2. The highest BCUT2D eigenvalue weighted by atomic mass is 35.5. The van der Waals surface area contributed by atoms with Gasteiger partial charge in [0.15, 0.2) is 5.78 Å². The predicted octanol–water partition coefficient (Wildman–Crippen LogP) is 3.00. The van der Waals surface area contributed by atoms with Crippen LogP contribution in [0.2, 0.25) is 5.02 Å². The minimum Gasteiger partial charge on any atom is -0.460 e. The topological polar surface area (TPSA) is 64.6 Å². The largest absolute Gasteiger partial charge is 0.460 e. The lowest BCUT2D eigenvalue weighted by molar-refractivity contribution is -0.141. The Morgan fingerprint density at radius 2 is 2.00 bits per heavy atom. The molecule has 1 aromatic carbocycles. The second-order valence-corrected chi connectivity index (χ2v) is 6.95. The highest BCUT2D eigenvalue weighted by Gasteiger charge is 2.44. The molecule has 3 rings (SSSR count). The van der Waals surface area contributed by atoms with E-state index in [2.05, 4.69) is 5.32 Å². The van der Waals surface area contributed by atoms with Gasteiger partial charge in [-0.05, 0) is 37.1 Å². The van der Waals surface area contributed by atoms with Crippen LogP contribution in [0.15, 0.2) is 47.7 Å². The summed E-state index contributed by atoms with van der Waals surface area (Å²) in [6.07, 6.45) is 4.23. The van der Waals surface area contributed by atoms with Crippen LogP contribution in [0.3, 0.4) is 0 Å². The van der Waals surface area contributed by atoms with Crippen LogP contribution in [-0.4, -0.2) is 38.1 Å². The molecule has 3 atom stereocenters. The van der Waals surface area contributed by atoms with Crippen LogP contribution in [-0.2, 0) is 19.1 Å². The summed E-state index contributed by atoms with van der Waals surface area (Å²) in [5.74, 6) is -1.13. The molecule has 0 saturated carbocycles. The summed E-state index contributed by atoms with van der Waals surface area (Å²) in [5.41, 5.74) is 2.12. The summed E-state index contributed by atoms with van der Waals surface area (Å²) in [6.45, 7) is 2.35. The number of rotatable bonds is 5. The molecule has 0 radical (unpaired) electrons. The molecule has 1 heterocycles. The fraction of sp³-hybridized carbons (Fsp3) is 0.400. The van der Waals surface area contributed by atoms with Crippen LogP contribution >= 0.6 is 11.6 Å². The molecule has 0 fully saturated rings. The van der Waals surface area contributed by atoms with E-state index in [0.717, 1.165) is 17.7 Å². The van der Waals surface area contributed by atoms with E-state index < -0.39 is 5.97 Å². The quantitative estimate of drug-likeness (QED) is 0.633. The molecule has 3 unspecified atom stereocenters. The van der Waals surface area contributed by atoms with E-state index in [1.54, 1.807) is 25.3 Å². The maximum atomic E-state index is 12.8. The lowest BCUT2D eigenvalue weighted by Crippen LogP contribution is -2.49. The Labute approximate surface area is 158 Å². The predicted molar refractivity (Wildman–Crippen MR) is 98.9 cm³/mol. The first kappa shape index (κ1) is 18.7. The lowest BCUT2D eigenvalue weighted by Gasteiger charge is -2.41. The molecule has 1 aliphatic carbocycles. The van der Waals surface area contributed by atoms with Gasteiger partial charge in [0, 0.05) is 29.8 Å².